The predicted molar refractivity (Wildman–Crippen MR) is 118 cm³/mol. The standard InChI is InChI=1S/C25H41NO2/c1-4-5-6-7-8-9-10-11-12-13-14-15-16-17-18-24(27)28-25(2,3)23-19-21-26-22-20-23/h23,26H,4-6,11-22H2,1-3H3. The Labute approximate surface area is 173 Å². The largest absolute Gasteiger partial charge is 0.459 e. The Morgan fingerprint density at radius 3 is 2.14 bits per heavy atom. The Bertz CT molecular complexity index is 538. The Kier molecular flexibility index (Phi) is 13.6. The van der Waals surface area contributed by atoms with Crippen LogP contribution in [0.5, 0.6) is 0 Å². The average Bonchev–Trinajstić information content (AvgIpc) is 2.68. The Morgan fingerprint density at radius 2 is 1.50 bits per heavy atom. The number of rotatable bonds is 12. The molecule has 0 radical (unpaired) electrons. The lowest BCUT2D eigenvalue weighted by atomic mass is 9.83. The normalized spacial score (nSPS) is 14.5. The molecule has 0 bridgehead atoms. The molecule has 0 aromatic carbocycles. The van der Waals surface area contributed by atoms with E-state index in [9.17, 15) is 4.79 Å². The fourth-order valence-corrected chi connectivity index (χ4v) is 3.61. The van der Waals surface area contributed by atoms with Gasteiger partial charge in [0.1, 0.15) is 5.60 Å². The lowest BCUT2D eigenvalue weighted by Crippen LogP contribution is -2.42. The second-order valence-corrected chi connectivity index (χ2v) is 8.43. The SMILES string of the molecule is CCCCC#CC#CCCCCCCCCC(=O)OC(C)(C)C1CCNCC1. The highest BCUT2D eigenvalue weighted by Crippen LogP contribution is 2.29. The maximum absolute atomic E-state index is 12.2. The molecule has 0 amide bonds. The number of hydrogen-bond acceptors (Lipinski definition) is 3. The van der Waals surface area contributed by atoms with Gasteiger partial charge in [-0.25, -0.2) is 0 Å². The number of hydrogen-bond donors (Lipinski definition) is 1. The van der Waals surface area contributed by atoms with E-state index in [2.05, 4.69) is 49.8 Å². The molecule has 3 nitrogen and oxygen atoms in total. The zero-order chi connectivity index (χ0) is 20.5. The van der Waals surface area contributed by atoms with E-state index in [1.807, 2.05) is 0 Å². The molecule has 0 saturated carbocycles. The van der Waals surface area contributed by atoms with Crippen molar-refractivity contribution in [3.63, 3.8) is 0 Å². The zero-order valence-corrected chi connectivity index (χ0v) is 18.5. The quantitative estimate of drug-likeness (QED) is 0.268. The molecule has 158 valence electrons. The van der Waals surface area contributed by atoms with E-state index in [1.165, 1.54) is 32.1 Å². The van der Waals surface area contributed by atoms with Crippen LogP contribution in [0.3, 0.4) is 0 Å². The van der Waals surface area contributed by atoms with Crippen LogP contribution in [-0.2, 0) is 9.53 Å². The first-order chi connectivity index (χ1) is 13.6. The summed E-state index contributed by atoms with van der Waals surface area (Å²) in [5.41, 5.74) is -0.333. The van der Waals surface area contributed by atoms with Gasteiger partial charge in [0.2, 0.25) is 0 Å². The maximum atomic E-state index is 12.2. The summed E-state index contributed by atoms with van der Waals surface area (Å²) in [4.78, 5) is 12.2. The number of carbonyl (C=O) groups is 1. The van der Waals surface area contributed by atoms with Crippen LogP contribution in [0.25, 0.3) is 0 Å². The molecule has 1 aliphatic rings. The Balaban J connectivity index is 1.98. The first-order valence-electron chi connectivity index (χ1n) is 11.4. The van der Waals surface area contributed by atoms with Crippen LogP contribution in [0.15, 0.2) is 0 Å². The lowest BCUT2D eigenvalue weighted by Gasteiger charge is -2.36. The molecule has 1 fully saturated rings. The van der Waals surface area contributed by atoms with Crippen LogP contribution < -0.4 is 5.32 Å². The zero-order valence-electron chi connectivity index (χ0n) is 18.5. The van der Waals surface area contributed by atoms with E-state index in [0.717, 1.165) is 58.0 Å². The molecule has 0 aromatic heterocycles. The van der Waals surface area contributed by atoms with Gasteiger partial charge >= 0.3 is 5.97 Å². The topological polar surface area (TPSA) is 38.3 Å². The molecular weight excluding hydrogens is 346 g/mol. The van der Waals surface area contributed by atoms with E-state index >= 15 is 0 Å². The minimum Gasteiger partial charge on any atom is -0.459 e. The third-order valence-corrected chi connectivity index (χ3v) is 5.53. The molecule has 28 heavy (non-hydrogen) atoms. The van der Waals surface area contributed by atoms with Crippen molar-refractivity contribution >= 4 is 5.97 Å². The molecule has 0 aromatic rings. The van der Waals surface area contributed by atoms with Crippen LogP contribution in [0.4, 0.5) is 0 Å². The van der Waals surface area contributed by atoms with Crippen molar-refractivity contribution in [3.8, 4) is 23.7 Å². The molecular formula is C25H41NO2. The first kappa shape index (κ1) is 24.6. The molecule has 1 rings (SSSR count). The predicted octanol–water partition coefficient (Wildman–Crippen LogP) is 5.63. The summed E-state index contributed by atoms with van der Waals surface area (Å²) in [5.74, 6) is 12.5. The number of carbonyl (C=O) groups excluding carboxylic acids is 1. The Hall–Kier alpha value is -1.45. The van der Waals surface area contributed by atoms with Crippen LogP contribution in [0.1, 0.15) is 104 Å². The van der Waals surface area contributed by atoms with Crippen molar-refractivity contribution in [2.24, 2.45) is 5.92 Å². The molecule has 1 heterocycles. The van der Waals surface area contributed by atoms with Gasteiger partial charge in [-0.3, -0.25) is 4.79 Å². The van der Waals surface area contributed by atoms with E-state index in [1.54, 1.807) is 0 Å². The minimum atomic E-state index is -0.333. The summed E-state index contributed by atoms with van der Waals surface area (Å²) >= 11 is 0. The fraction of sp³-hybridized carbons (Fsp3) is 0.800. The summed E-state index contributed by atoms with van der Waals surface area (Å²) in [7, 11) is 0. The smallest absolute Gasteiger partial charge is 0.306 e. The number of ether oxygens (including phenoxy) is 1. The van der Waals surface area contributed by atoms with Gasteiger partial charge in [-0.15, -0.1) is 0 Å². The van der Waals surface area contributed by atoms with Gasteiger partial charge < -0.3 is 10.1 Å². The lowest BCUT2D eigenvalue weighted by molar-refractivity contribution is -0.162. The molecule has 1 saturated heterocycles. The molecule has 3 heteroatoms. The van der Waals surface area contributed by atoms with Crippen LogP contribution >= 0.6 is 0 Å². The Morgan fingerprint density at radius 1 is 0.929 bits per heavy atom. The van der Waals surface area contributed by atoms with Crippen LogP contribution in [0, 0.1) is 29.6 Å². The second-order valence-electron chi connectivity index (χ2n) is 8.43. The highest BCUT2D eigenvalue weighted by Gasteiger charge is 2.33. The number of nitrogens with one attached hydrogen (secondary N) is 1. The monoisotopic (exact) mass is 387 g/mol. The molecule has 1 N–H and O–H groups in total. The highest BCUT2D eigenvalue weighted by atomic mass is 16.6. The van der Waals surface area contributed by atoms with E-state index in [-0.39, 0.29) is 11.6 Å². The van der Waals surface area contributed by atoms with Crippen LogP contribution in [0.2, 0.25) is 0 Å². The van der Waals surface area contributed by atoms with Crippen LogP contribution in [-0.4, -0.2) is 24.7 Å². The summed E-state index contributed by atoms with van der Waals surface area (Å²) in [5, 5.41) is 3.37. The third-order valence-electron chi connectivity index (χ3n) is 5.53. The summed E-state index contributed by atoms with van der Waals surface area (Å²) in [6.45, 7) is 8.38. The van der Waals surface area contributed by atoms with Crippen molar-refractivity contribution in [2.75, 3.05) is 13.1 Å². The summed E-state index contributed by atoms with van der Waals surface area (Å²) < 4.78 is 5.80. The van der Waals surface area contributed by atoms with Gasteiger partial charge in [-0.1, -0.05) is 50.9 Å². The highest BCUT2D eigenvalue weighted by molar-refractivity contribution is 5.69. The fourth-order valence-electron chi connectivity index (χ4n) is 3.61. The number of esters is 1. The summed E-state index contributed by atoms with van der Waals surface area (Å²) in [6.07, 6.45) is 13.8. The van der Waals surface area contributed by atoms with Crippen molar-refractivity contribution in [1.82, 2.24) is 5.32 Å². The van der Waals surface area contributed by atoms with E-state index in [0.29, 0.717) is 12.3 Å². The minimum absolute atomic E-state index is 0.0288. The van der Waals surface area contributed by atoms with Gasteiger partial charge in [0, 0.05) is 25.2 Å². The first-order valence-corrected chi connectivity index (χ1v) is 11.4. The van der Waals surface area contributed by atoms with Crippen molar-refractivity contribution in [3.05, 3.63) is 0 Å². The van der Waals surface area contributed by atoms with Crippen molar-refractivity contribution < 1.29 is 9.53 Å². The summed E-state index contributed by atoms with van der Waals surface area (Å²) in [6, 6.07) is 0. The van der Waals surface area contributed by atoms with Crippen molar-refractivity contribution in [1.29, 1.82) is 0 Å². The third kappa shape index (κ3) is 12.1. The molecule has 0 unspecified atom stereocenters. The van der Waals surface area contributed by atoms with Gasteiger partial charge in [-0.05, 0) is 70.9 Å². The van der Waals surface area contributed by atoms with Gasteiger partial charge in [-0.2, -0.15) is 0 Å². The molecule has 0 atom stereocenters. The van der Waals surface area contributed by atoms with Gasteiger partial charge in [0.25, 0.3) is 0 Å². The average molecular weight is 388 g/mol. The van der Waals surface area contributed by atoms with Gasteiger partial charge in [0.15, 0.2) is 0 Å². The number of unbranched alkanes of at least 4 members (excludes halogenated alkanes) is 8. The van der Waals surface area contributed by atoms with Crippen molar-refractivity contribution in [2.45, 2.75) is 110 Å². The molecule has 0 spiro atoms. The second kappa shape index (κ2) is 15.5. The molecule has 1 aliphatic heterocycles. The maximum Gasteiger partial charge on any atom is 0.306 e. The van der Waals surface area contributed by atoms with E-state index < -0.39 is 0 Å². The van der Waals surface area contributed by atoms with E-state index in [4.69, 9.17) is 4.74 Å². The van der Waals surface area contributed by atoms with Gasteiger partial charge in [0.05, 0.1) is 0 Å². The number of piperidine rings is 1. The molecule has 0 aliphatic carbocycles.